The van der Waals surface area contributed by atoms with Gasteiger partial charge in [0.2, 0.25) is 0 Å². The number of hydrogen-bond acceptors (Lipinski definition) is 8. The summed E-state index contributed by atoms with van der Waals surface area (Å²) in [5.74, 6) is -0.881. The molecule has 2 unspecified atom stereocenters. The highest BCUT2D eigenvalue weighted by atomic mass is 31.2. The van der Waals surface area contributed by atoms with Gasteiger partial charge < -0.3 is 20.1 Å². The molecule has 0 spiro atoms. The fourth-order valence-corrected chi connectivity index (χ4v) is 7.19. The van der Waals surface area contributed by atoms with Crippen molar-refractivity contribution in [3.8, 4) is 0 Å². The first-order chi connectivity index (χ1) is 33.3. The number of unbranched alkanes of at least 4 members (excludes halogenated alkanes) is 12. The SMILES string of the molecule is CC/C=C\C/C=C\C/C=C\C/C=C\C/C=C\C/C=C\C/C=C\C/C=C\C/C=C\C/C=C\CCCCCCC(=O)OC(COC(=O)CCCCCCC/C=C\CCCCC)COP(=O)(O)OCCN. The van der Waals surface area contributed by atoms with E-state index in [1.54, 1.807) is 0 Å². The van der Waals surface area contributed by atoms with Gasteiger partial charge in [-0.15, -0.1) is 0 Å². The molecule has 0 aliphatic heterocycles. The number of allylic oxidation sites excluding steroid dienone is 22. The minimum atomic E-state index is -4.40. The van der Waals surface area contributed by atoms with Crippen LogP contribution in [0.4, 0.5) is 0 Å². The van der Waals surface area contributed by atoms with E-state index in [4.69, 9.17) is 24.3 Å². The quantitative estimate of drug-likeness (QED) is 0.0265. The molecule has 0 aromatic rings. The van der Waals surface area contributed by atoms with E-state index < -0.39 is 32.5 Å². The van der Waals surface area contributed by atoms with Crippen LogP contribution in [0.15, 0.2) is 134 Å². The van der Waals surface area contributed by atoms with Crippen LogP contribution < -0.4 is 5.73 Å². The molecule has 0 amide bonds. The second-order valence-electron chi connectivity index (χ2n) is 16.7. The van der Waals surface area contributed by atoms with Crippen molar-refractivity contribution in [2.24, 2.45) is 5.73 Å². The summed E-state index contributed by atoms with van der Waals surface area (Å²) in [5.41, 5.74) is 5.36. The van der Waals surface area contributed by atoms with E-state index in [-0.39, 0.29) is 32.6 Å². The first-order valence-electron chi connectivity index (χ1n) is 26.2. The number of esters is 2. The second-order valence-corrected chi connectivity index (χ2v) is 18.1. The van der Waals surface area contributed by atoms with Crippen molar-refractivity contribution in [1.82, 2.24) is 0 Å². The highest BCUT2D eigenvalue weighted by molar-refractivity contribution is 7.47. The van der Waals surface area contributed by atoms with Gasteiger partial charge in [-0.3, -0.25) is 18.6 Å². The number of carbonyl (C=O) groups excluding carboxylic acids is 2. The van der Waals surface area contributed by atoms with Crippen LogP contribution in [-0.2, 0) is 32.7 Å². The van der Waals surface area contributed by atoms with Crippen molar-refractivity contribution < 1.29 is 37.6 Å². The third-order valence-corrected chi connectivity index (χ3v) is 11.3. The van der Waals surface area contributed by atoms with Crippen molar-refractivity contribution in [2.75, 3.05) is 26.4 Å². The zero-order valence-corrected chi connectivity index (χ0v) is 43.4. The highest BCUT2D eigenvalue weighted by Gasteiger charge is 2.26. The molecule has 384 valence electrons. The molecule has 0 aliphatic carbocycles. The summed E-state index contributed by atoms with van der Waals surface area (Å²) in [6.45, 7) is 3.53. The summed E-state index contributed by atoms with van der Waals surface area (Å²) in [7, 11) is -4.40. The Morgan fingerprint density at radius 2 is 0.809 bits per heavy atom. The van der Waals surface area contributed by atoms with Gasteiger partial charge in [-0.25, -0.2) is 4.57 Å². The molecular formula is C58H94NO8P. The normalized spacial score (nSPS) is 14.2. The third-order valence-electron chi connectivity index (χ3n) is 10.3. The van der Waals surface area contributed by atoms with E-state index in [2.05, 4.69) is 148 Å². The molecule has 10 heteroatoms. The first-order valence-corrected chi connectivity index (χ1v) is 27.7. The van der Waals surface area contributed by atoms with E-state index in [0.29, 0.717) is 12.8 Å². The minimum Gasteiger partial charge on any atom is -0.462 e. The van der Waals surface area contributed by atoms with Crippen molar-refractivity contribution in [3.63, 3.8) is 0 Å². The summed E-state index contributed by atoms with van der Waals surface area (Å²) in [6.07, 6.45) is 73.6. The van der Waals surface area contributed by atoms with Crippen LogP contribution in [0.1, 0.15) is 187 Å². The van der Waals surface area contributed by atoms with Crippen LogP contribution >= 0.6 is 7.82 Å². The first kappa shape index (κ1) is 64.2. The molecule has 2 atom stereocenters. The summed E-state index contributed by atoms with van der Waals surface area (Å²) in [5, 5.41) is 0. The molecule has 0 rings (SSSR count). The number of phosphoric acid groups is 1. The van der Waals surface area contributed by atoms with E-state index in [0.717, 1.165) is 128 Å². The minimum absolute atomic E-state index is 0.0407. The standard InChI is InChI=1S/C58H94NO8P/c1-3-5-7-9-11-13-15-17-18-19-20-21-22-23-24-25-26-27-28-29-30-31-32-33-34-35-36-37-38-39-41-43-45-47-49-51-58(61)67-56(55-66-68(62,63)65-53-52-59)54-64-57(60)50-48-46-44-42-40-16-14-12-10-8-6-4-2/h5,7,11-14,17-18,20-21,23-24,26-27,29-30,32-33,35-36,38-39,56H,3-4,6,8-10,15-16,19,22,25,28,31,34,37,40-55,59H2,1-2H3,(H,62,63)/b7-5-,13-11-,14-12-,18-17-,21-20-,24-23-,27-26-,30-29-,33-32-,36-35-,39-38-. The van der Waals surface area contributed by atoms with Gasteiger partial charge >= 0.3 is 19.8 Å². The Morgan fingerprint density at radius 1 is 0.456 bits per heavy atom. The maximum Gasteiger partial charge on any atom is 0.472 e. The molecule has 0 saturated carbocycles. The largest absolute Gasteiger partial charge is 0.472 e. The van der Waals surface area contributed by atoms with E-state index in [1.165, 1.54) is 19.3 Å². The summed E-state index contributed by atoms with van der Waals surface area (Å²) < 4.78 is 32.8. The van der Waals surface area contributed by atoms with Crippen molar-refractivity contribution >= 4 is 19.8 Å². The van der Waals surface area contributed by atoms with Crippen LogP contribution in [0.25, 0.3) is 0 Å². The number of rotatable bonds is 47. The molecule has 68 heavy (non-hydrogen) atoms. The van der Waals surface area contributed by atoms with Gasteiger partial charge in [0.05, 0.1) is 13.2 Å². The molecule has 9 nitrogen and oxygen atoms in total. The Bertz CT molecular complexity index is 1570. The van der Waals surface area contributed by atoms with Crippen LogP contribution in [0, 0.1) is 0 Å². The smallest absolute Gasteiger partial charge is 0.462 e. The monoisotopic (exact) mass is 964 g/mol. The van der Waals surface area contributed by atoms with E-state index >= 15 is 0 Å². The zero-order valence-electron chi connectivity index (χ0n) is 42.5. The maximum absolute atomic E-state index is 12.6. The third kappa shape index (κ3) is 51.5. The Kier molecular flexibility index (Phi) is 49.5. The number of ether oxygens (including phenoxy) is 2. The average Bonchev–Trinajstić information content (AvgIpc) is 3.33. The molecule has 0 fully saturated rings. The fourth-order valence-electron chi connectivity index (χ4n) is 6.42. The Hall–Kier alpha value is -3.85. The van der Waals surface area contributed by atoms with Gasteiger partial charge in [-0.1, -0.05) is 192 Å². The van der Waals surface area contributed by atoms with Gasteiger partial charge in [0, 0.05) is 19.4 Å². The molecule has 0 saturated heterocycles. The molecule has 0 heterocycles. The maximum atomic E-state index is 12.6. The molecule has 0 aromatic heterocycles. The summed E-state index contributed by atoms with van der Waals surface area (Å²) in [4.78, 5) is 35.0. The average molecular weight is 964 g/mol. The van der Waals surface area contributed by atoms with Crippen LogP contribution in [0.2, 0.25) is 0 Å². The van der Waals surface area contributed by atoms with Gasteiger partial charge in [-0.05, 0) is 116 Å². The molecule has 0 radical (unpaired) electrons. The highest BCUT2D eigenvalue weighted by Crippen LogP contribution is 2.43. The zero-order chi connectivity index (χ0) is 49.5. The number of hydrogen-bond donors (Lipinski definition) is 2. The molecule has 3 N–H and O–H groups in total. The van der Waals surface area contributed by atoms with E-state index in [1.807, 2.05) is 0 Å². The van der Waals surface area contributed by atoms with Crippen molar-refractivity contribution in [2.45, 2.75) is 193 Å². The predicted octanol–water partition coefficient (Wildman–Crippen LogP) is 16.2. The van der Waals surface area contributed by atoms with Crippen LogP contribution in [-0.4, -0.2) is 49.3 Å². The van der Waals surface area contributed by atoms with Gasteiger partial charge in [0.1, 0.15) is 6.61 Å². The molecule has 0 bridgehead atoms. The van der Waals surface area contributed by atoms with Crippen molar-refractivity contribution in [3.05, 3.63) is 134 Å². The summed E-state index contributed by atoms with van der Waals surface area (Å²) in [6, 6.07) is 0. The predicted molar refractivity (Wildman–Crippen MR) is 288 cm³/mol. The van der Waals surface area contributed by atoms with Gasteiger partial charge in [0.15, 0.2) is 6.10 Å². The topological polar surface area (TPSA) is 134 Å². The lowest BCUT2D eigenvalue weighted by molar-refractivity contribution is -0.161. The van der Waals surface area contributed by atoms with Gasteiger partial charge in [-0.2, -0.15) is 0 Å². The Morgan fingerprint density at radius 3 is 1.22 bits per heavy atom. The number of nitrogens with two attached hydrogens (primary N) is 1. The summed E-state index contributed by atoms with van der Waals surface area (Å²) >= 11 is 0. The number of carbonyl (C=O) groups is 2. The molecule has 0 aromatic carbocycles. The lowest BCUT2D eigenvalue weighted by Crippen LogP contribution is -2.29. The second kappa shape index (κ2) is 52.5. The fraction of sp³-hybridized carbons (Fsp3) is 0.586. The van der Waals surface area contributed by atoms with Gasteiger partial charge in [0.25, 0.3) is 0 Å². The molecule has 0 aliphatic rings. The lowest BCUT2D eigenvalue weighted by atomic mass is 10.1. The Balaban J connectivity index is 4.10. The van der Waals surface area contributed by atoms with E-state index in [9.17, 15) is 19.0 Å². The number of phosphoric ester groups is 1. The van der Waals surface area contributed by atoms with Crippen molar-refractivity contribution in [1.29, 1.82) is 0 Å². The van der Waals surface area contributed by atoms with Crippen LogP contribution in [0.5, 0.6) is 0 Å². The Labute approximate surface area is 414 Å². The molecular weight excluding hydrogens is 870 g/mol. The van der Waals surface area contributed by atoms with Crippen LogP contribution in [0.3, 0.4) is 0 Å². The lowest BCUT2D eigenvalue weighted by Gasteiger charge is -2.19.